The largest absolute Gasteiger partial charge is 0.390 e. The molecule has 4 nitrogen and oxygen atoms in total. The van der Waals surface area contributed by atoms with Gasteiger partial charge in [-0.1, -0.05) is 25.4 Å². The number of rotatable bonds is 1. The first kappa shape index (κ1) is 11.9. The highest BCUT2D eigenvalue weighted by Gasteiger charge is 2.10. The fourth-order valence-corrected chi connectivity index (χ4v) is 1.67. The van der Waals surface area contributed by atoms with E-state index in [-0.39, 0.29) is 6.61 Å². The van der Waals surface area contributed by atoms with E-state index in [2.05, 4.69) is 15.2 Å². The lowest BCUT2D eigenvalue weighted by atomic mass is 10.2. The summed E-state index contributed by atoms with van der Waals surface area (Å²) in [5, 5.41) is 18.5. The molecule has 2 rings (SSSR count). The minimum Gasteiger partial charge on any atom is -0.390 e. The van der Waals surface area contributed by atoms with E-state index >= 15 is 0 Å². The van der Waals surface area contributed by atoms with Crippen LogP contribution in [0.2, 0.25) is 5.15 Å². The maximum atomic E-state index is 9.04. The molecule has 15 heavy (non-hydrogen) atoms. The van der Waals surface area contributed by atoms with Crippen LogP contribution in [0.15, 0.2) is 6.20 Å². The van der Waals surface area contributed by atoms with Crippen molar-refractivity contribution in [2.45, 2.75) is 27.4 Å². The van der Waals surface area contributed by atoms with Crippen LogP contribution >= 0.6 is 11.6 Å². The minimum absolute atomic E-state index is 0.0737. The number of halogens is 1. The number of hydrogen-bond donors (Lipinski definition) is 2. The molecule has 2 aromatic rings. The van der Waals surface area contributed by atoms with Gasteiger partial charge in [0.25, 0.3) is 0 Å². The number of nitrogens with one attached hydrogen (secondary N) is 1. The third kappa shape index (κ3) is 2.11. The Morgan fingerprint density at radius 3 is 2.73 bits per heavy atom. The standard InChI is InChI=1S/C8H8ClN3O.C2H6/c1-4-5-2-10-12-8(9)7(5)6(3-13)11-4;1-2/h2,11,13H,3H2,1H3;1-2H3. The second-order valence-corrected chi connectivity index (χ2v) is 3.17. The Balaban J connectivity index is 0.000000531. The van der Waals surface area contributed by atoms with Gasteiger partial charge in [0.15, 0.2) is 5.15 Å². The van der Waals surface area contributed by atoms with Gasteiger partial charge in [-0.15, -0.1) is 5.10 Å². The lowest BCUT2D eigenvalue weighted by Gasteiger charge is -1.93. The monoisotopic (exact) mass is 227 g/mol. The third-order valence-corrected chi connectivity index (χ3v) is 2.27. The Hall–Kier alpha value is -1.13. The fourth-order valence-electron chi connectivity index (χ4n) is 1.41. The summed E-state index contributed by atoms with van der Waals surface area (Å²) in [5.74, 6) is 0. The van der Waals surface area contributed by atoms with E-state index in [9.17, 15) is 0 Å². The van der Waals surface area contributed by atoms with Gasteiger partial charge >= 0.3 is 0 Å². The first-order valence-corrected chi connectivity index (χ1v) is 5.21. The van der Waals surface area contributed by atoms with E-state index in [1.165, 1.54) is 0 Å². The van der Waals surface area contributed by atoms with Gasteiger partial charge in [-0.2, -0.15) is 5.10 Å². The summed E-state index contributed by atoms with van der Waals surface area (Å²) >= 11 is 5.85. The number of aliphatic hydroxyl groups excluding tert-OH is 1. The molecule has 0 aromatic carbocycles. The van der Waals surface area contributed by atoms with Crippen molar-refractivity contribution in [3.8, 4) is 0 Å². The molecule has 0 radical (unpaired) electrons. The molecule has 2 heterocycles. The van der Waals surface area contributed by atoms with Crippen LogP contribution in [0, 0.1) is 6.92 Å². The molecular formula is C10H14ClN3O. The summed E-state index contributed by atoms with van der Waals surface area (Å²) in [5.41, 5.74) is 1.63. The van der Waals surface area contributed by atoms with Crippen molar-refractivity contribution in [3.05, 3.63) is 22.7 Å². The summed E-state index contributed by atoms with van der Waals surface area (Å²) in [6, 6.07) is 0. The number of aryl methyl sites for hydroxylation is 1. The van der Waals surface area contributed by atoms with Crippen molar-refractivity contribution >= 4 is 22.4 Å². The van der Waals surface area contributed by atoms with Gasteiger partial charge < -0.3 is 10.1 Å². The number of aromatic nitrogens is 3. The summed E-state index contributed by atoms with van der Waals surface area (Å²) in [7, 11) is 0. The Morgan fingerprint density at radius 1 is 1.47 bits per heavy atom. The van der Waals surface area contributed by atoms with E-state index in [1.807, 2.05) is 20.8 Å². The van der Waals surface area contributed by atoms with Crippen molar-refractivity contribution in [1.29, 1.82) is 0 Å². The highest BCUT2D eigenvalue weighted by Crippen LogP contribution is 2.26. The summed E-state index contributed by atoms with van der Waals surface area (Å²) in [6.45, 7) is 5.83. The van der Waals surface area contributed by atoms with Crippen LogP contribution in [0.3, 0.4) is 0 Å². The molecule has 0 fully saturated rings. The average molecular weight is 228 g/mol. The molecule has 2 aromatic heterocycles. The quantitative estimate of drug-likeness (QED) is 0.787. The number of fused-ring (bicyclic) bond motifs is 1. The van der Waals surface area contributed by atoms with E-state index in [1.54, 1.807) is 6.20 Å². The lowest BCUT2D eigenvalue weighted by molar-refractivity contribution is 0.279. The molecule has 82 valence electrons. The van der Waals surface area contributed by atoms with Crippen molar-refractivity contribution < 1.29 is 5.11 Å². The van der Waals surface area contributed by atoms with Gasteiger partial charge in [-0.05, 0) is 6.92 Å². The molecule has 0 amide bonds. The fraction of sp³-hybridized carbons (Fsp3) is 0.400. The van der Waals surface area contributed by atoms with Gasteiger partial charge in [0.2, 0.25) is 0 Å². The van der Waals surface area contributed by atoms with Gasteiger partial charge in [-0.3, -0.25) is 0 Å². The highest BCUT2D eigenvalue weighted by molar-refractivity contribution is 6.34. The highest BCUT2D eigenvalue weighted by atomic mass is 35.5. The topological polar surface area (TPSA) is 61.8 Å². The van der Waals surface area contributed by atoms with Crippen LogP contribution in [0.1, 0.15) is 25.2 Å². The predicted molar refractivity (Wildman–Crippen MR) is 60.9 cm³/mol. The Kier molecular flexibility index (Phi) is 4.05. The van der Waals surface area contributed by atoms with Crippen molar-refractivity contribution in [2.24, 2.45) is 0 Å². The van der Waals surface area contributed by atoms with Gasteiger partial charge in [0.1, 0.15) is 0 Å². The summed E-state index contributed by atoms with van der Waals surface area (Å²) in [6.07, 6.45) is 1.63. The van der Waals surface area contributed by atoms with E-state index in [4.69, 9.17) is 16.7 Å². The van der Waals surface area contributed by atoms with E-state index in [0.29, 0.717) is 10.8 Å². The van der Waals surface area contributed by atoms with Crippen LogP contribution in [0.25, 0.3) is 10.8 Å². The van der Waals surface area contributed by atoms with Crippen LogP contribution in [-0.2, 0) is 6.61 Å². The molecule has 5 heteroatoms. The molecule has 0 aliphatic heterocycles. The Bertz CT molecular complexity index is 453. The molecule has 0 atom stereocenters. The van der Waals surface area contributed by atoms with E-state index in [0.717, 1.165) is 16.5 Å². The second kappa shape index (κ2) is 5.09. The van der Waals surface area contributed by atoms with E-state index < -0.39 is 0 Å². The number of H-pyrrole nitrogens is 1. The molecule has 0 aliphatic carbocycles. The maximum absolute atomic E-state index is 9.04. The first-order chi connectivity index (χ1) is 7.24. The minimum atomic E-state index is -0.0737. The molecule has 0 bridgehead atoms. The number of aliphatic hydroxyl groups is 1. The Morgan fingerprint density at radius 2 is 2.13 bits per heavy atom. The normalized spacial score (nSPS) is 9.93. The third-order valence-electron chi connectivity index (χ3n) is 2.01. The summed E-state index contributed by atoms with van der Waals surface area (Å²) < 4.78 is 0. The molecule has 0 aliphatic rings. The smallest absolute Gasteiger partial charge is 0.161 e. The molecule has 0 saturated heterocycles. The summed E-state index contributed by atoms with van der Waals surface area (Å²) in [4.78, 5) is 3.03. The predicted octanol–water partition coefficient (Wildman–Crippen LogP) is 2.44. The van der Waals surface area contributed by atoms with Crippen LogP contribution in [0.4, 0.5) is 0 Å². The number of nitrogens with zero attached hydrogens (tertiary/aromatic N) is 2. The van der Waals surface area contributed by atoms with Gasteiger partial charge in [0.05, 0.1) is 18.5 Å². The first-order valence-electron chi connectivity index (χ1n) is 4.83. The Labute approximate surface area is 93.3 Å². The zero-order chi connectivity index (χ0) is 11.4. The van der Waals surface area contributed by atoms with Crippen LogP contribution < -0.4 is 0 Å². The maximum Gasteiger partial charge on any atom is 0.161 e. The SMILES string of the molecule is CC.Cc1[nH]c(CO)c2c(Cl)nncc12. The average Bonchev–Trinajstić information content (AvgIpc) is 2.60. The van der Waals surface area contributed by atoms with Crippen molar-refractivity contribution in [2.75, 3.05) is 0 Å². The second-order valence-electron chi connectivity index (χ2n) is 2.81. The molecule has 2 N–H and O–H groups in total. The van der Waals surface area contributed by atoms with Crippen LogP contribution in [0.5, 0.6) is 0 Å². The number of aromatic amines is 1. The van der Waals surface area contributed by atoms with Crippen LogP contribution in [-0.4, -0.2) is 20.3 Å². The van der Waals surface area contributed by atoms with Crippen molar-refractivity contribution in [3.63, 3.8) is 0 Å². The molecular weight excluding hydrogens is 214 g/mol. The lowest BCUT2D eigenvalue weighted by Crippen LogP contribution is -1.86. The van der Waals surface area contributed by atoms with Gasteiger partial charge in [0, 0.05) is 16.5 Å². The number of hydrogen-bond acceptors (Lipinski definition) is 3. The molecule has 0 unspecified atom stereocenters. The molecule has 0 saturated carbocycles. The zero-order valence-electron chi connectivity index (χ0n) is 9.00. The zero-order valence-corrected chi connectivity index (χ0v) is 9.76. The van der Waals surface area contributed by atoms with Gasteiger partial charge in [-0.25, -0.2) is 0 Å². The van der Waals surface area contributed by atoms with Crippen molar-refractivity contribution in [1.82, 2.24) is 15.2 Å². The molecule has 0 spiro atoms.